The fraction of sp³-hybridized carbons (Fsp3) is 0.217. The summed E-state index contributed by atoms with van der Waals surface area (Å²) in [6.07, 6.45) is -8.07. The van der Waals surface area contributed by atoms with Gasteiger partial charge >= 0.3 is 12.4 Å². The van der Waals surface area contributed by atoms with E-state index in [2.05, 4.69) is 24.8 Å². The van der Waals surface area contributed by atoms with E-state index in [1.54, 1.807) is 13.8 Å². The van der Waals surface area contributed by atoms with E-state index >= 15 is 0 Å². The summed E-state index contributed by atoms with van der Waals surface area (Å²) in [6, 6.07) is 9.99. The van der Waals surface area contributed by atoms with Crippen molar-refractivity contribution in [1.82, 2.24) is 29.1 Å². The first-order valence-electron chi connectivity index (χ1n) is 10.3. The van der Waals surface area contributed by atoms with Gasteiger partial charge in [-0.15, -0.1) is 4.98 Å². The fourth-order valence-electron chi connectivity index (χ4n) is 3.67. The molecule has 4 rings (SSSR count). The number of pyridine rings is 2. The summed E-state index contributed by atoms with van der Waals surface area (Å²) in [7, 11) is 0. The van der Waals surface area contributed by atoms with Crippen molar-refractivity contribution in [2.75, 3.05) is 0 Å². The maximum absolute atomic E-state index is 13.6. The Hall–Kier alpha value is -4.72. The maximum atomic E-state index is 13.6. The van der Waals surface area contributed by atoms with Crippen molar-refractivity contribution in [2.45, 2.75) is 31.6 Å². The molecular formula is C23H14F6N8. The van der Waals surface area contributed by atoms with Crippen LogP contribution < -0.4 is 0 Å². The van der Waals surface area contributed by atoms with Crippen LogP contribution in [0.2, 0.25) is 0 Å². The molecule has 0 aliphatic carbocycles. The molecule has 0 radical (unpaired) electrons. The second-order valence-corrected chi connectivity index (χ2v) is 8.20. The highest BCUT2D eigenvalue weighted by atomic mass is 19.4. The van der Waals surface area contributed by atoms with Crippen LogP contribution in [-0.2, 0) is 17.8 Å². The van der Waals surface area contributed by atoms with Crippen LogP contribution in [0.4, 0.5) is 32.2 Å². The van der Waals surface area contributed by atoms with Gasteiger partial charge in [-0.3, -0.25) is 9.13 Å². The summed E-state index contributed by atoms with van der Waals surface area (Å²) in [5.74, 6) is -1.16. The van der Waals surface area contributed by atoms with E-state index in [9.17, 15) is 26.3 Å². The summed E-state index contributed by atoms with van der Waals surface area (Å²) < 4.78 is 83.0. The van der Waals surface area contributed by atoms with E-state index in [-0.39, 0.29) is 23.0 Å². The molecule has 4 aromatic rings. The minimum atomic E-state index is -4.88. The number of imidazole rings is 2. The van der Waals surface area contributed by atoms with Crippen LogP contribution >= 0.6 is 0 Å². The minimum Gasteiger partial charge on any atom is -0.359 e. The molecule has 4 aromatic heterocycles. The SMILES string of the molecule is [C-]#[N+]c1ncn(-c2cccc(C(C)(C)c3cccc(-n4cnc(C#N)c4C(F)(F)F)n3)n2)c1C(F)(F)F. The number of alkyl halides is 6. The van der Waals surface area contributed by atoms with Crippen LogP contribution in [-0.4, -0.2) is 29.1 Å². The standard InChI is InChI=1S/C23H14F6N8/c1-21(2,14-6-4-8-16(34-14)36-11-32-13(10-30)18(36)22(24,25)26)15-7-5-9-17(35-15)37-12-33-20(31-3)19(37)23(27,28)29/h4-9,11-12H,1-2H3. The Balaban J connectivity index is 1.81. The highest BCUT2D eigenvalue weighted by molar-refractivity contribution is 5.48. The molecule has 4 heterocycles. The molecule has 0 N–H and O–H groups in total. The van der Waals surface area contributed by atoms with Crippen LogP contribution in [0.5, 0.6) is 0 Å². The molecular weight excluding hydrogens is 502 g/mol. The van der Waals surface area contributed by atoms with Crippen LogP contribution in [0.1, 0.15) is 42.3 Å². The highest BCUT2D eigenvalue weighted by Gasteiger charge is 2.41. The second kappa shape index (κ2) is 8.74. The zero-order valence-electron chi connectivity index (χ0n) is 19.0. The monoisotopic (exact) mass is 516 g/mol. The fourth-order valence-corrected chi connectivity index (χ4v) is 3.67. The molecule has 0 saturated heterocycles. The summed E-state index contributed by atoms with van der Waals surface area (Å²) in [5, 5.41) is 9.03. The van der Waals surface area contributed by atoms with E-state index in [4.69, 9.17) is 11.8 Å². The topological polar surface area (TPSA) is 89.6 Å². The van der Waals surface area contributed by atoms with Gasteiger partial charge in [0.05, 0.1) is 11.4 Å². The number of nitriles is 1. The first-order chi connectivity index (χ1) is 17.3. The number of halogens is 6. The lowest BCUT2D eigenvalue weighted by molar-refractivity contribution is -0.143. The van der Waals surface area contributed by atoms with E-state index in [0.29, 0.717) is 9.13 Å². The van der Waals surface area contributed by atoms with Crippen molar-refractivity contribution in [2.24, 2.45) is 0 Å². The van der Waals surface area contributed by atoms with Gasteiger partial charge in [0.15, 0.2) is 23.4 Å². The van der Waals surface area contributed by atoms with Crippen LogP contribution in [0, 0.1) is 17.9 Å². The molecule has 0 unspecified atom stereocenters. The molecule has 188 valence electrons. The highest BCUT2D eigenvalue weighted by Crippen LogP contribution is 2.38. The van der Waals surface area contributed by atoms with Crippen LogP contribution in [0.3, 0.4) is 0 Å². The lowest BCUT2D eigenvalue weighted by Gasteiger charge is -2.25. The van der Waals surface area contributed by atoms with Crippen molar-refractivity contribution in [3.05, 3.63) is 88.9 Å². The van der Waals surface area contributed by atoms with Gasteiger partial charge in [-0.2, -0.15) is 31.6 Å². The average Bonchev–Trinajstić information content (AvgIpc) is 3.48. The lowest BCUT2D eigenvalue weighted by atomic mass is 9.84. The molecule has 0 amide bonds. The van der Waals surface area contributed by atoms with Gasteiger partial charge in [-0.25, -0.2) is 15.0 Å². The third-order valence-corrected chi connectivity index (χ3v) is 5.51. The largest absolute Gasteiger partial charge is 0.434 e. The summed E-state index contributed by atoms with van der Waals surface area (Å²) in [6.45, 7) is 10.3. The Morgan fingerprint density at radius 3 is 1.76 bits per heavy atom. The van der Waals surface area contributed by atoms with Crippen LogP contribution in [0.15, 0.2) is 49.1 Å². The molecule has 14 heteroatoms. The van der Waals surface area contributed by atoms with Gasteiger partial charge in [0, 0.05) is 5.41 Å². The van der Waals surface area contributed by atoms with Crippen molar-refractivity contribution in [3.63, 3.8) is 0 Å². The smallest absolute Gasteiger partial charge is 0.359 e. The number of rotatable bonds is 4. The molecule has 37 heavy (non-hydrogen) atoms. The Kier molecular flexibility index (Phi) is 5.99. The maximum Gasteiger partial charge on any atom is 0.434 e. The minimum absolute atomic E-state index is 0.163. The predicted octanol–water partition coefficient (Wildman–Crippen LogP) is 5.63. The van der Waals surface area contributed by atoms with Gasteiger partial charge in [-0.05, 0) is 38.1 Å². The third-order valence-electron chi connectivity index (χ3n) is 5.51. The Bertz CT molecular complexity index is 1450. The van der Waals surface area contributed by atoms with Gasteiger partial charge in [0.1, 0.15) is 24.0 Å². The zero-order valence-corrected chi connectivity index (χ0v) is 19.0. The van der Waals surface area contributed by atoms with Gasteiger partial charge in [-0.1, -0.05) is 18.7 Å². The lowest BCUT2D eigenvalue weighted by Crippen LogP contribution is -2.24. The summed E-state index contributed by atoms with van der Waals surface area (Å²) in [5.41, 5.74) is -3.97. The van der Waals surface area contributed by atoms with Gasteiger partial charge < -0.3 is 4.85 Å². The number of aromatic nitrogens is 6. The molecule has 0 saturated carbocycles. The number of nitrogens with zero attached hydrogens (tertiary/aromatic N) is 8. The Morgan fingerprint density at radius 2 is 1.30 bits per heavy atom. The first kappa shape index (κ1) is 25.4. The van der Waals surface area contributed by atoms with Crippen molar-refractivity contribution in [3.8, 4) is 17.7 Å². The van der Waals surface area contributed by atoms with E-state index in [1.807, 2.05) is 0 Å². The van der Waals surface area contributed by atoms with E-state index < -0.39 is 40.7 Å². The first-order valence-corrected chi connectivity index (χ1v) is 10.3. The summed E-state index contributed by atoms with van der Waals surface area (Å²) >= 11 is 0. The molecule has 8 nitrogen and oxygen atoms in total. The van der Waals surface area contributed by atoms with Crippen molar-refractivity contribution >= 4 is 5.82 Å². The molecule has 0 atom stereocenters. The quantitative estimate of drug-likeness (QED) is 0.259. The molecule has 0 fully saturated rings. The zero-order chi connectivity index (χ0) is 27.2. The van der Waals surface area contributed by atoms with Gasteiger partial charge in [0.25, 0.3) is 5.82 Å². The van der Waals surface area contributed by atoms with Crippen molar-refractivity contribution < 1.29 is 26.3 Å². The summed E-state index contributed by atoms with van der Waals surface area (Å²) in [4.78, 5) is 18.5. The van der Waals surface area contributed by atoms with E-state index in [1.165, 1.54) is 42.5 Å². The predicted molar refractivity (Wildman–Crippen MR) is 116 cm³/mol. The normalized spacial score (nSPS) is 12.3. The van der Waals surface area contributed by atoms with Crippen molar-refractivity contribution in [1.29, 1.82) is 5.26 Å². The van der Waals surface area contributed by atoms with E-state index in [0.717, 1.165) is 12.7 Å². The Labute approximate surface area is 205 Å². The second-order valence-electron chi connectivity index (χ2n) is 8.20. The third kappa shape index (κ3) is 4.49. The molecule has 0 aliphatic heterocycles. The molecule has 0 aromatic carbocycles. The Morgan fingerprint density at radius 1 is 0.811 bits per heavy atom. The number of hydrogen-bond donors (Lipinski definition) is 0. The average molecular weight is 516 g/mol. The van der Waals surface area contributed by atoms with Crippen LogP contribution in [0.25, 0.3) is 16.5 Å². The molecule has 0 aliphatic rings. The number of hydrogen-bond acceptors (Lipinski definition) is 5. The molecule has 0 bridgehead atoms. The molecule has 0 spiro atoms. The van der Waals surface area contributed by atoms with Gasteiger partial charge in [0.2, 0.25) is 0 Å².